The molecule has 0 fully saturated rings. The maximum absolute atomic E-state index is 13.2. The molecule has 2 aromatic rings. The minimum atomic E-state index is -0.333. The second kappa shape index (κ2) is 5.38. The average molecular weight is 266 g/mol. The van der Waals surface area contributed by atoms with Crippen molar-refractivity contribution in [3.8, 4) is 11.5 Å². The second-order valence-corrected chi connectivity index (χ2v) is 4.47. The summed E-state index contributed by atoms with van der Waals surface area (Å²) in [7, 11) is 0. The molecule has 0 unspecified atom stereocenters. The van der Waals surface area contributed by atoms with Crippen molar-refractivity contribution < 1.29 is 9.13 Å². The minimum Gasteiger partial charge on any atom is -0.457 e. The highest BCUT2D eigenvalue weighted by molar-refractivity contribution is 6.30. The van der Waals surface area contributed by atoms with Crippen molar-refractivity contribution in [2.75, 3.05) is 0 Å². The quantitative estimate of drug-likeness (QED) is 0.898. The lowest BCUT2D eigenvalue weighted by Crippen LogP contribution is -2.07. The summed E-state index contributed by atoms with van der Waals surface area (Å²) in [6.45, 7) is 1.78. The standard InChI is InChI=1S/C14H13ClFNO/c1-9(17)13-8-11(16)5-6-14(13)18-12-4-2-3-10(15)7-12/h2-9H,17H2,1H3/t9-/m1/s1. The van der Waals surface area contributed by atoms with Gasteiger partial charge in [0.15, 0.2) is 0 Å². The molecule has 0 saturated heterocycles. The molecule has 94 valence electrons. The van der Waals surface area contributed by atoms with Crippen molar-refractivity contribution in [3.05, 3.63) is 58.9 Å². The van der Waals surface area contributed by atoms with Crippen LogP contribution in [0.25, 0.3) is 0 Å². The lowest BCUT2D eigenvalue weighted by molar-refractivity contribution is 0.469. The van der Waals surface area contributed by atoms with Gasteiger partial charge < -0.3 is 10.5 Å². The van der Waals surface area contributed by atoms with Crippen molar-refractivity contribution in [1.29, 1.82) is 0 Å². The molecule has 4 heteroatoms. The van der Waals surface area contributed by atoms with E-state index in [2.05, 4.69) is 0 Å². The minimum absolute atomic E-state index is 0.310. The van der Waals surface area contributed by atoms with Crippen LogP contribution >= 0.6 is 11.6 Å². The van der Waals surface area contributed by atoms with Crippen LogP contribution < -0.4 is 10.5 Å². The third kappa shape index (κ3) is 3.00. The van der Waals surface area contributed by atoms with Gasteiger partial charge in [0.05, 0.1) is 0 Å². The second-order valence-electron chi connectivity index (χ2n) is 4.03. The fourth-order valence-corrected chi connectivity index (χ4v) is 1.81. The predicted molar refractivity (Wildman–Crippen MR) is 70.5 cm³/mol. The highest BCUT2D eigenvalue weighted by Gasteiger charge is 2.10. The molecule has 1 atom stereocenters. The Hall–Kier alpha value is -1.58. The zero-order valence-electron chi connectivity index (χ0n) is 9.86. The lowest BCUT2D eigenvalue weighted by Gasteiger charge is -2.14. The van der Waals surface area contributed by atoms with Gasteiger partial charge in [0, 0.05) is 16.6 Å². The van der Waals surface area contributed by atoms with Gasteiger partial charge in [-0.2, -0.15) is 0 Å². The van der Waals surface area contributed by atoms with E-state index in [0.717, 1.165) is 0 Å². The van der Waals surface area contributed by atoms with E-state index in [1.807, 2.05) is 0 Å². The van der Waals surface area contributed by atoms with Crippen LogP contribution in [0.4, 0.5) is 4.39 Å². The smallest absolute Gasteiger partial charge is 0.132 e. The van der Waals surface area contributed by atoms with Gasteiger partial charge in [-0.25, -0.2) is 4.39 Å². The van der Waals surface area contributed by atoms with E-state index in [0.29, 0.717) is 22.1 Å². The van der Waals surface area contributed by atoms with Gasteiger partial charge in [0.1, 0.15) is 17.3 Å². The Bertz CT molecular complexity index is 557. The molecule has 0 saturated carbocycles. The summed E-state index contributed by atoms with van der Waals surface area (Å²) in [5, 5.41) is 0.581. The Morgan fingerprint density at radius 1 is 1.22 bits per heavy atom. The SMILES string of the molecule is C[C@@H](N)c1cc(F)ccc1Oc1cccc(Cl)c1. The van der Waals surface area contributed by atoms with E-state index >= 15 is 0 Å². The molecule has 18 heavy (non-hydrogen) atoms. The van der Waals surface area contributed by atoms with Crippen LogP contribution in [0.5, 0.6) is 11.5 Å². The van der Waals surface area contributed by atoms with Crippen molar-refractivity contribution in [2.45, 2.75) is 13.0 Å². The molecule has 0 spiro atoms. The summed E-state index contributed by atoms with van der Waals surface area (Å²) in [6, 6.07) is 11.0. The summed E-state index contributed by atoms with van der Waals surface area (Å²) in [5.74, 6) is 0.797. The van der Waals surface area contributed by atoms with Crippen LogP contribution in [-0.4, -0.2) is 0 Å². The third-order valence-electron chi connectivity index (χ3n) is 2.49. The van der Waals surface area contributed by atoms with Gasteiger partial charge in [-0.1, -0.05) is 17.7 Å². The Morgan fingerprint density at radius 2 is 2.00 bits per heavy atom. The van der Waals surface area contributed by atoms with Crippen LogP contribution in [0.3, 0.4) is 0 Å². The zero-order chi connectivity index (χ0) is 13.1. The predicted octanol–water partition coefficient (Wildman–Crippen LogP) is 4.29. The summed E-state index contributed by atoms with van der Waals surface area (Å²) < 4.78 is 18.9. The Kier molecular flexibility index (Phi) is 3.84. The number of halogens is 2. The number of hydrogen-bond acceptors (Lipinski definition) is 2. The first kappa shape index (κ1) is 12.9. The Morgan fingerprint density at radius 3 is 2.67 bits per heavy atom. The van der Waals surface area contributed by atoms with Crippen molar-refractivity contribution in [1.82, 2.24) is 0 Å². The van der Waals surface area contributed by atoms with E-state index < -0.39 is 0 Å². The summed E-state index contributed by atoms with van der Waals surface area (Å²) in [4.78, 5) is 0. The first-order valence-electron chi connectivity index (χ1n) is 5.54. The van der Waals surface area contributed by atoms with Gasteiger partial charge in [-0.05, 0) is 43.3 Å². The average Bonchev–Trinajstić information content (AvgIpc) is 2.31. The highest BCUT2D eigenvalue weighted by Crippen LogP contribution is 2.30. The van der Waals surface area contributed by atoms with E-state index in [-0.39, 0.29) is 11.9 Å². The van der Waals surface area contributed by atoms with E-state index in [1.165, 1.54) is 12.1 Å². The number of hydrogen-bond donors (Lipinski definition) is 1. The molecule has 0 radical (unpaired) electrons. The van der Waals surface area contributed by atoms with Gasteiger partial charge in [-0.3, -0.25) is 0 Å². The van der Waals surface area contributed by atoms with Gasteiger partial charge in [-0.15, -0.1) is 0 Å². The largest absolute Gasteiger partial charge is 0.457 e. The van der Waals surface area contributed by atoms with E-state index in [1.54, 1.807) is 37.3 Å². The molecule has 2 nitrogen and oxygen atoms in total. The monoisotopic (exact) mass is 265 g/mol. The molecule has 2 N–H and O–H groups in total. The molecule has 0 aliphatic heterocycles. The van der Waals surface area contributed by atoms with Gasteiger partial charge >= 0.3 is 0 Å². The van der Waals surface area contributed by atoms with Crippen LogP contribution in [0.1, 0.15) is 18.5 Å². The number of ether oxygens (including phenoxy) is 1. The van der Waals surface area contributed by atoms with Crippen molar-refractivity contribution in [2.24, 2.45) is 5.73 Å². The molecule has 0 bridgehead atoms. The van der Waals surface area contributed by atoms with Crippen LogP contribution in [0.2, 0.25) is 5.02 Å². The first-order valence-corrected chi connectivity index (χ1v) is 5.92. The van der Waals surface area contributed by atoms with Gasteiger partial charge in [0.25, 0.3) is 0 Å². The molecular formula is C14H13ClFNO. The van der Waals surface area contributed by atoms with Gasteiger partial charge in [0.2, 0.25) is 0 Å². The van der Waals surface area contributed by atoms with E-state index in [9.17, 15) is 4.39 Å². The molecule has 2 aromatic carbocycles. The van der Waals surface area contributed by atoms with Crippen LogP contribution in [-0.2, 0) is 0 Å². The first-order chi connectivity index (χ1) is 8.56. The number of rotatable bonds is 3. The fourth-order valence-electron chi connectivity index (χ4n) is 1.63. The Labute approximate surface area is 110 Å². The maximum Gasteiger partial charge on any atom is 0.132 e. The highest BCUT2D eigenvalue weighted by atomic mass is 35.5. The van der Waals surface area contributed by atoms with Crippen LogP contribution in [0.15, 0.2) is 42.5 Å². The summed E-state index contributed by atoms with van der Waals surface area (Å²) >= 11 is 5.87. The maximum atomic E-state index is 13.2. The summed E-state index contributed by atoms with van der Waals surface area (Å²) in [6.07, 6.45) is 0. The molecular weight excluding hydrogens is 253 g/mol. The van der Waals surface area contributed by atoms with Crippen molar-refractivity contribution >= 4 is 11.6 Å². The fraction of sp³-hybridized carbons (Fsp3) is 0.143. The molecule has 0 aliphatic carbocycles. The van der Waals surface area contributed by atoms with E-state index in [4.69, 9.17) is 22.1 Å². The Balaban J connectivity index is 2.34. The molecule has 0 amide bonds. The topological polar surface area (TPSA) is 35.2 Å². The third-order valence-corrected chi connectivity index (χ3v) is 2.72. The number of benzene rings is 2. The molecule has 2 rings (SSSR count). The zero-order valence-corrected chi connectivity index (χ0v) is 10.6. The van der Waals surface area contributed by atoms with Crippen molar-refractivity contribution in [3.63, 3.8) is 0 Å². The molecule has 0 aliphatic rings. The molecule has 0 heterocycles. The normalized spacial score (nSPS) is 12.2. The van der Waals surface area contributed by atoms with Crippen LogP contribution in [0, 0.1) is 5.82 Å². The summed E-state index contributed by atoms with van der Waals surface area (Å²) in [5.41, 5.74) is 6.41. The molecule has 0 aromatic heterocycles. The number of nitrogens with two attached hydrogens (primary N) is 1. The lowest BCUT2D eigenvalue weighted by atomic mass is 10.1.